The molecule has 1 aromatic carbocycles. The normalized spacial score (nSPS) is 23.9. The van der Waals surface area contributed by atoms with Crippen LogP contribution < -0.4 is 5.32 Å². The third-order valence-electron chi connectivity index (χ3n) is 5.01. The second-order valence-electron chi connectivity index (χ2n) is 7.98. The van der Waals surface area contributed by atoms with Crippen molar-refractivity contribution in [2.75, 3.05) is 6.54 Å². The monoisotopic (exact) mass is 287 g/mol. The fraction of sp³-hybridized carbons (Fsp3) is 0.700. The first-order valence-electron chi connectivity index (χ1n) is 8.69. The van der Waals surface area contributed by atoms with Gasteiger partial charge in [0, 0.05) is 5.54 Å². The molecule has 1 aromatic rings. The van der Waals surface area contributed by atoms with Crippen molar-refractivity contribution in [3.05, 3.63) is 34.9 Å². The predicted octanol–water partition coefficient (Wildman–Crippen LogP) is 5.36. The van der Waals surface area contributed by atoms with Gasteiger partial charge in [0.25, 0.3) is 0 Å². The first kappa shape index (κ1) is 16.5. The summed E-state index contributed by atoms with van der Waals surface area (Å²) in [7, 11) is 0. The van der Waals surface area contributed by atoms with Gasteiger partial charge in [0.05, 0.1) is 0 Å². The molecule has 2 unspecified atom stereocenters. The molecular formula is C20H33N. The molecule has 1 heteroatoms. The molecule has 0 heterocycles. The highest BCUT2D eigenvalue weighted by Gasteiger charge is 2.26. The van der Waals surface area contributed by atoms with Crippen molar-refractivity contribution in [3.63, 3.8) is 0 Å². The maximum atomic E-state index is 3.75. The molecule has 1 fully saturated rings. The van der Waals surface area contributed by atoms with Gasteiger partial charge in [-0.25, -0.2) is 0 Å². The molecule has 118 valence electrons. The third kappa shape index (κ3) is 4.85. The van der Waals surface area contributed by atoms with Crippen molar-refractivity contribution in [2.45, 2.75) is 78.2 Å². The Morgan fingerprint density at radius 2 is 1.71 bits per heavy atom. The van der Waals surface area contributed by atoms with Crippen LogP contribution in [-0.4, -0.2) is 12.1 Å². The van der Waals surface area contributed by atoms with E-state index in [1.165, 1.54) is 43.2 Å². The molecule has 2 rings (SSSR count). The quantitative estimate of drug-likeness (QED) is 0.738. The lowest BCUT2D eigenvalue weighted by molar-refractivity contribution is 0.322. The van der Waals surface area contributed by atoms with E-state index in [1.54, 1.807) is 5.56 Å². The van der Waals surface area contributed by atoms with E-state index < -0.39 is 0 Å². The maximum absolute atomic E-state index is 3.75. The van der Waals surface area contributed by atoms with E-state index in [2.05, 4.69) is 58.1 Å². The second kappa shape index (κ2) is 6.96. The Bertz CT molecular complexity index is 455. The fourth-order valence-electron chi connectivity index (χ4n) is 3.50. The lowest BCUT2D eigenvalue weighted by atomic mass is 9.81. The summed E-state index contributed by atoms with van der Waals surface area (Å²) in [5, 5.41) is 3.75. The van der Waals surface area contributed by atoms with Gasteiger partial charge in [-0.2, -0.15) is 0 Å². The van der Waals surface area contributed by atoms with Gasteiger partial charge in [-0.15, -0.1) is 0 Å². The summed E-state index contributed by atoms with van der Waals surface area (Å²) in [6.07, 6.45) is 6.94. The number of benzene rings is 1. The Hall–Kier alpha value is -0.820. The standard InChI is InChI=1S/C20H33N/c1-15-11-12-17(13-16(15)2)19-10-8-6-7-9-18(19)14-21-20(3,4)5/h11-13,18-19,21H,6-10,14H2,1-5H3. The van der Waals surface area contributed by atoms with Gasteiger partial charge in [0.15, 0.2) is 0 Å². The van der Waals surface area contributed by atoms with Crippen LogP contribution in [0.4, 0.5) is 0 Å². The number of nitrogens with one attached hydrogen (secondary N) is 1. The van der Waals surface area contributed by atoms with Crippen LogP contribution in [0.15, 0.2) is 18.2 Å². The molecule has 0 bridgehead atoms. The van der Waals surface area contributed by atoms with Crippen LogP contribution in [0, 0.1) is 19.8 Å². The smallest absolute Gasteiger partial charge is 0.00966 e. The van der Waals surface area contributed by atoms with E-state index in [4.69, 9.17) is 0 Å². The number of hydrogen-bond donors (Lipinski definition) is 1. The molecule has 2 atom stereocenters. The lowest BCUT2D eigenvalue weighted by Crippen LogP contribution is -2.40. The summed E-state index contributed by atoms with van der Waals surface area (Å²) < 4.78 is 0. The average Bonchev–Trinajstić information content (AvgIpc) is 2.64. The van der Waals surface area contributed by atoms with E-state index in [9.17, 15) is 0 Å². The minimum Gasteiger partial charge on any atom is -0.312 e. The predicted molar refractivity (Wildman–Crippen MR) is 93.0 cm³/mol. The maximum Gasteiger partial charge on any atom is 0.00966 e. The number of hydrogen-bond acceptors (Lipinski definition) is 1. The fourth-order valence-corrected chi connectivity index (χ4v) is 3.50. The molecule has 0 spiro atoms. The van der Waals surface area contributed by atoms with Crippen LogP contribution in [0.3, 0.4) is 0 Å². The first-order chi connectivity index (χ1) is 9.87. The van der Waals surface area contributed by atoms with Crippen molar-refractivity contribution in [3.8, 4) is 0 Å². The summed E-state index contributed by atoms with van der Waals surface area (Å²) in [5.74, 6) is 1.52. The van der Waals surface area contributed by atoms with Crippen LogP contribution in [0.5, 0.6) is 0 Å². The summed E-state index contributed by atoms with van der Waals surface area (Å²) in [5.41, 5.74) is 4.65. The molecular weight excluding hydrogens is 254 g/mol. The minimum atomic E-state index is 0.222. The summed E-state index contributed by atoms with van der Waals surface area (Å²) in [6, 6.07) is 7.13. The highest BCUT2D eigenvalue weighted by Crippen LogP contribution is 2.37. The molecule has 21 heavy (non-hydrogen) atoms. The Labute approximate surface area is 131 Å². The Morgan fingerprint density at radius 3 is 2.38 bits per heavy atom. The Balaban J connectivity index is 2.16. The van der Waals surface area contributed by atoms with Gasteiger partial charge < -0.3 is 5.32 Å². The Morgan fingerprint density at radius 1 is 1.00 bits per heavy atom. The highest BCUT2D eigenvalue weighted by molar-refractivity contribution is 5.32. The highest BCUT2D eigenvalue weighted by atomic mass is 14.9. The molecule has 0 aromatic heterocycles. The van der Waals surface area contributed by atoms with Crippen LogP contribution in [-0.2, 0) is 0 Å². The third-order valence-corrected chi connectivity index (χ3v) is 5.01. The van der Waals surface area contributed by atoms with Crippen molar-refractivity contribution in [1.29, 1.82) is 0 Å². The molecule has 1 aliphatic carbocycles. The molecule has 1 nitrogen and oxygen atoms in total. The zero-order valence-corrected chi connectivity index (χ0v) is 14.6. The van der Waals surface area contributed by atoms with Crippen LogP contribution >= 0.6 is 0 Å². The average molecular weight is 287 g/mol. The minimum absolute atomic E-state index is 0.222. The van der Waals surface area contributed by atoms with Gasteiger partial charge in [-0.1, -0.05) is 37.5 Å². The Kier molecular flexibility index (Phi) is 5.48. The topological polar surface area (TPSA) is 12.0 Å². The van der Waals surface area contributed by atoms with Crippen molar-refractivity contribution >= 4 is 0 Å². The molecule has 0 aliphatic heterocycles. The van der Waals surface area contributed by atoms with E-state index in [0.29, 0.717) is 0 Å². The number of rotatable bonds is 3. The van der Waals surface area contributed by atoms with E-state index in [-0.39, 0.29) is 5.54 Å². The SMILES string of the molecule is Cc1ccc(C2CCCCCC2CNC(C)(C)C)cc1C. The number of aryl methyl sites for hydroxylation is 2. The van der Waals surface area contributed by atoms with Crippen molar-refractivity contribution in [2.24, 2.45) is 5.92 Å². The van der Waals surface area contributed by atoms with Crippen LogP contribution in [0.2, 0.25) is 0 Å². The van der Waals surface area contributed by atoms with Crippen molar-refractivity contribution < 1.29 is 0 Å². The molecule has 0 radical (unpaired) electrons. The largest absolute Gasteiger partial charge is 0.312 e. The zero-order chi connectivity index (χ0) is 15.5. The molecule has 1 saturated carbocycles. The summed E-state index contributed by atoms with van der Waals surface area (Å²) >= 11 is 0. The van der Waals surface area contributed by atoms with Gasteiger partial charge in [0.2, 0.25) is 0 Å². The van der Waals surface area contributed by atoms with Gasteiger partial charge in [-0.3, -0.25) is 0 Å². The van der Waals surface area contributed by atoms with E-state index in [1.807, 2.05) is 0 Å². The zero-order valence-electron chi connectivity index (χ0n) is 14.6. The molecule has 1 N–H and O–H groups in total. The van der Waals surface area contributed by atoms with E-state index in [0.717, 1.165) is 18.4 Å². The molecule has 0 amide bonds. The lowest BCUT2D eigenvalue weighted by Gasteiger charge is -2.30. The van der Waals surface area contributed by atoms with Gasteiger partial charge in [-0.05, 0) is 82.5 Å². The molecule has 0 saturated heterocycles. The van der Waals surface area contributed by atoms with Crippen LogP contribution in [0.1, 0.15) is 75.5 Å². The summed E-state index contributed by atoms with van der Waals surface area (Å²) in [4.78, 5) is 0. The first-order valence-corrected chi connectivity index (χ1v) is 8.69. The van der Waals surface area contributed by atoms with Gasteiger partial charge in [0.1, 0.15) is 0 Å². The van der Waals surface area contributed by atoms with Crippen LogP contribution in [0.25, 0.3) is 0 Å². The van der Waals surface area contributed by atoms with Gasteiger partial charge >= 0.3 is 0 Å². The second-order valence-corrected chi connectivity index (χ2v) is 7.98. The van der Waals surface area contributed by atoms with Crippen molar-refractivity contribution in [1.82, 2.24) is 5.32 Å². The summed E-state index contributed by atoms with van der Waals surface area (Å²) in [6.45, 7) is 12.4. The van der Waals surface area contributed by atoms with E-state index >= 15 is 0 Å². The molecule has 1 aliphatic rings.